The summed E-state index contributed by atoms with van der Waals surface area (Å²) >= 11 is 5.65. The van der Waals surface area contributed by atoms with Crippen LogP contribution in [0.25, 0.3) is 0 Å². The first-order valence-corrected chi connectivity index (χ1v) is 6.08. The van der Waals surface area contributed by atoms with Crippen molar-refractivity contribution in [2.45, 2.75) is 32.2 Å². The Morgan fingerprint density at radius 2 is 2.18 bits per heavy atom. The number of alkyl halides is 1. The zero-order chi connectivity index (χ0) is 12.9. The highest BCUT2D eigenvalue weighted by atomic mass is 35.5. The Balaban J connectivity index is 2.55. The summed E-state index contributed by atoms with van der Waals surface area (Å²) < 4.78 is 12.9. The van der Waals surface area contributed by atoms with Crippen molar-refractivity contribution < 1.29 is 9.18 Å². The van der Waals surface area contributed by atoms with Crippen LogP contribution in [0.1, 0.15) is 25.8 Å². The highest BCUT2D eigenvalue weighted by Gasteiger charge is 2.19. The van der Waals surface area contributed by atoms with Crippen molar-refractivity contribution in [2.24, 2.45) is 0 Å². The molecule has 1 N–H and O–H groups in total. The van der Waals surface area contributed by atoms with Crippen molar-refractivity contribution in [1.29, 1.82) is 0 Å². The second kappa shape index (κ2) is 6.01. The number of hydrogen-bond acceptors (Lipinski definition) is 1. The molecule has 1 aromatic rings. The molecule has 0 aromatic heterocycles. The lowest BCUT2D eigenvalue weighted by molar-refractivity contribution is -0.122. The van der Waals surface area contributed by atoms with Crippen molar-refractivity contribution >= 4 is 17.5 Å². The molecule has 94 valence electrons. The molecule has 2 nitrogen and oxygen atoms in total. The fourth-order valence-electron chi connectivity index (χ4n) is 1.55. The molecule has 0 aliphatic carbocycles. The van der Waals surface area contributed by atoms with Crippen LogP contribution < -0.4 is 5.32 Å². The van der Waals surface area contributed by atoms with Crippen molar-refractivity contribution in [3.05, 3.63) is 35.6 Å². The van der Waals surface area contributed by atoms with Crippen molar-refractivity contribution in [3.63, 3.8) is 0 Å². The largest absolute Gasteiger partial charge is 0.351 e. The van der Waals surface area contributed by atoms with Crippen LogP contribution in [0.15, 0.2) is 24.3 Å². The van der Waals surface area contributed by atoms with Crippen LogP contribution in [0.3, 0.4) is 0 Å². The lowest BCUT2D eigenvalue weighted by atomic mass is 10.0. The lowest BCUT2D eigenvalue weighted by Gasteiger charge is -2.25. The van der Waals surface area contributed by atoms with E-state index >= 15 is 0 Å². The van der Waals surface area contributed by atoms with E-state index in [0.717, 1.165) is 0 Å². The molecule has 0 radical (unpaired) electrons. The Hall–Kier alpha value is -1.09. The Morgan fingerprint density at radius 3 is 2.76 bits per heavy atom. The Kier molecular flexibility index (Phi) is 4.94. The second-order valence-corrected chi connectivity index (χ2v) is 5.06. The molecule has 1 rings (SSSR count). The molecule has 0 fully saturated rings. The van der Waals surface area contributed by atoms with E-state index in [4.69, 9.17) is 11.6 Å². The van der Waals surface area contributed by atoms with Crippen LogP contribution in [-0.2, 0) is 11.2 Å². The van der Waals surface area contributed by atoms with Crippen LogP contribution >= 0.6 is 11.6 Å². The molecule has 0 aliphatic rings. The Labute approximate surface area is 106 Å². The monoisotopic (exact) mass is 257 g/mol. The standard InChI is InChI=1S/C13H17ClFNO/c1-13(2,6-7-14)16-12(17)9-10-4-3-5-11(15)8-10/h3-5,8H,6-7,9H2,1-2H3,(H,16,17). The highest BCUT2D eigenvalue weighted by molar-refractivity contribution is 6.17. The summed E-state index contributed by atoms with van der Waals surface area (Å²) in [5, 5.41) is 2.88. The Morgan fingerprint density at radius 1 is 1.47 bits per heavy atom. The number of hydrogen-bond donors (Lipinski definition) is 1. The fraction of sp³-hybridized carbons (Fsp3) is 0.462. The summed E-state index contributed by atoms with van der Waals surface area (Å²) in [4.78, 5) is 11.7. The van der Waals surface area contributed by atoms with Gasteiger partial charge in [0.05, 0.1) is 6.42 Å². The summed E-state index contributed by atoms with van der Waals surface area (Å²) in [5.41, 5.74) is 0.343. The molecule has 0 spiro atoms. The van der Waals surface area contributed by atoms with Crippen LogP contribution in [0.5, 0.6) is 0 Å². The van der Waals surface area contributed by atoms with Gasteiger partial charge in [-0.15, -0.1) is 11.6 Å². The van der Waals surface area contributed by atoms with Crippen molar-refractivity contribution in [1.82, 2.24) is 5.32 Å². The van der Waals surface area contributed by atoms with Gasteiger partial charge in [0.2, 0.25) is 5.91 Å². The number of halogens is 2. The topological polar surface area (TPSA) is 29.1 Å². The van der Waals surface area contributed by atoms with E-state index in [9.17, 15) is 9.18 Å². The van der Waals surface area contributed by atoms with Gasteiger partial charge in [0.25, 0.3) is 0 Å². The minimum atomic E-state index is -0.327. The van der Waals surface area contributed by atoms with Gasteiger partial charge in [-0.1, -0.05) is 12.1 Å². The fourth-order valence-corrected chi connectivity index (χ4v) is 2.03. The zero-order valence-corrected chi connectivity index (χ0v) is 10.9. The van der Waals surface area contributed by atoms with Gasteiger partial charge in [0.15, 0.2) is 0 Å². The molecule has 0 bridgehead atoms. The highest BCUT2D eigenvalue weighted by Crippen LogP contribution is 2.10. The molecular weight excluding hydrogens is 241 g/mol. The third-order valence-electron chi connectivity index (χ3n) is 2.45. The number of carbonyl (C=O) groups excluding carboxylic acids is 1. The number of rotatable bonds is 5. The summed E-state index contributed by atoms with van der Waals surface area (Å²) in [6.07, 6.45) is 0.882. The summed E-state index contributed by atoms with van der Waals surface area (Å²) in [6.45, 7) is 3.83. The molecule has 17 heavy (non-hydrogen) atoms. The maximum Gasteiger partial charge on any atom is 0.224 e. The lowest BCUT2D eigenvalue weighted by Crippen LogP contribution is -2.44. The Bertz CT molecular complexity index is 393. The molecule has 0 atom stereocenters. The van der Waals surface area contributed by atoms with Gasteiger partial charge in [-0.05, 0) is 38.0 Å². The maximum absolute atomic E-state index is 12.9. The molecule has 0 heterocycles. The quantitative estimate of drug-likeness (QED) is 0.808. The number of nitrogens with one attached hydrogen (secondary N) is 1. The van der Waals surface area contributed by atoms with Gasteiger partial charge in [-0.2, -0.15) is 0 Å². The van der Waals surface area contributed by atoms with Crippen molar-refractivity contribution in [2.75, 3.05) is 5.88 Å². The first-order valence-electron chi connectivity index (χ1n) is 5.54. The average molecular weight is 258 g/mol. The second-order valence-electron chi connectivity index (χ2n) is 4.68. The molecular formula is C13H17ClFNO. The third-order valence-corrected chi connectivity index (χ3v) is 2.64. The van der Waals surface area contributed by atoms with Gasteiger partial charge >= 0.3 is 0 Å². The molecule has 0 aliphatic heterocycles. The van der Waals surface area contributed by atoms with E-state index in [-0.39, 0.29) is 23.7 Å². The maximum atomic E-state index is 12.9. The molecule has 1 aromatic carbocycles. The van der Waals surface area contributed by atoms with Gasteiger partial charge in [0, 0.05) is 11.4 Å². The normalized spacial score (nSPS) is 11.3. The van der Waals surface area contributed by atoms with E-state index in [2.05, 4.69) is 5.32 Å². The average Bonchev–Trinajstić information content (AvgIpc) is 2.15. The van der Waals surface area contributed by atoms with Gasteiger partial charge in [-0.25, -0.2) is 4.39 Å². The van der Waals surface area contributed by atoms with Crippen LogP contribution in [0.2, 0.25) is 0 Å². The smallest absolute Gasteiger partial charge is 0.224 e. The SMILES string of the molecule is CC(C)(CCCl)NC(=O)Cc1cccc(F)c1. The van der Waals surface area contributed by atoms with Gasteiger partial charge < -0.3 is 5.32 Å². The van der Waals surface area contributed by atoms with E-state index < -0.39 is 0 Å². The predicted molar refractivity (Wildman–Crippen MR) is 67.7 cm³/mol. The zero-order valence-electron chi connectivity index (χ0n) is 10.1. The van der Waals surface area contributed by atoms with E-state index in [0.29, 0.717) is 17.9 Å². The first kappa shape index (κ1) is 14.0. The number of amides is 1. The van der Waals surface area contributed by atoms with Gasteiger partial charge in [0.1, 0.15) is 5.82 Å². The number of carbonyl (C=O) groups is 1. The van der Waals surface area contributed by atoms with E-state index in [1.807, 2.05) is 13.8 Å². The molecule has 4 heteroatoms. The molecule has 0 unspecified atom stereocenters. The predicted octanol–water partition coefficient (Wildman–Crippen LogP) is 2.89. The van der Waals surface area contributed by atoms with E-state index in [1.54, 1.807) is 12.1 Å². The minimum absolute atomic E-state index is 0.120. The number of benzene rings is 1. The molecule has 0 saturated carbocycles. The van der Waals surface area contributed by atoms with Gasteiger partial charge in [-0.3, -0.25) is 4.79 Å². The summed E-state index contributed by atoms with van der Waals surface area (Å²) in [6, 6.07) is 6.06. The molecule has 1 amide bonds. The molecule has 0 saturated heterocycles. The summed E-state index contributed by atoms with van der Waals surface area (Å²) in [7, 11) is 0. The van der Waals surface area contributed by atoms with Crippen LogP contribution in [0.4, 0.5) is 4.39 Å². The van der Waals surface area contributed by atoms with Crippen LogP contribution in [0, 0.1) is 5.82 Å². The van der Waals surface area contributed by atoms with Crippen LogP contribution in [-0.4, -0.2) is 17.3 Å². The first-order chi connectivity index (χ1) is 7.93. The summed E-state index contributed by atoms with van der Waals surface area (Å²) in [5.74, 6) is 0.0498. The third kappa shape index (κ3) is 5.18. The van der Waals surface area contributed by atoms with Crippen molar-refractivity contribution in [3.8, 4) is 0 Å². The minimum Gasteiger partial charge on any atom is -0.351 e. The van der Waals surface area contributed by atoms with E-state index in [1.165, 1.54) is 12.1 Å².